The summed E-state index contributed by atoms with van der Waals surface area (Å²) in [5, 5.41) is 1.40. The van der Waals surface area contributed by atoms with Gasteiger partial charge in [-0.15, -0.1) is 11.3 Å². The molecule has 0 amide bonds. The molecule has 8 heteroatoms. The number of hydrogen-bond acceptors (Lipinski definition) is 6. The van der Waals surface area contributed by atoms with Gasteiger partial charge >= 0.3 is 0 Å². The smallest absolute Gasteiger partial charge is 0.267 e. The number of fused-ring (bicyclic) bond motifs is 3. The number of rotatable bonds is 5. The fourth-order valence-electron chi connectivity index (χ4n) is 3.96. The molecule has 2 aromatic heterocycles. The van der Waals surface area contributed by atoms with Crippen LogP contribution in [0.15, 0.2) is 63.0 Å². The van der Waals surface area contributed by atoms with Crippen LogP contribution in [0.25, 0.3) is 15.9 Å². The van der Waals surface area contributed by atoms with Crippen LogP contribution >= 0.6 is 39.0 Å². The highest BCUT2D eigenvalue weighted by molar-refractivity contribution is 9.10. The lowest BCUT2D eigenvalue weighted by atomic mass is 9.94. The molecule has 0 bridgehead atoms. The summed E-state index contributed by atoms with van der Waals surface area (Å²) in [6.45, 7) is 4.65. The number of aromatic nitrogens is 2. The van der Waals surface area contributed by atoms with Gasteiger partial charge in [0.2, 0.25) is 0 Å². The normalized spacial score (nSPS) is 14.9. The minimum Gasteiger partial charge on any atom is -0.497 e. The topological polar surface area (TPSA) is 53.4 Å². The van der Waals surface area contributed by atoms with E-state index in [0.29, 0.717) is 23.9 Å². The molecule has 33 heavy (non-hydrogen) atoms. The third kappa shape index (κ3) is 4.49. The number of thiophene rings is 1. The summed E-state index contributed by atoms with van der Waals surface area (Å²) >= 11 is 6.62. The molecule has 0 atom stereocenters. The largest absolute Gasteiger partial charge is 0.497 e. The fraction of sp³-hybridized carbons (Fsp3) is 0.280. The summed E-state index contributed by atoms with van der Waals surface area (Å²) in [7, 11) is 1.63. The molecule has 1 aliphatic heterocycles. The molecule has 5 rings (SSSR count). The molecule has 0 fully saturated rings. The van der Waals surface area contributed by atoms with E-state index >= 15 is 0 Å². The van der Waals surface area contributed by atoms with Crippen LogP contribution < -0.4 is 10.3 Å². The zero-order valence-corrected chi connectivity index (χ0v) is 21.8. The second-order valence-electron chi connectivity index (χ2n) is 8.56. The highest BCUT2D eigenvalue weighted by Crippen LogP contribution is 2.38. The van der Waals surface area contributed by atoms with Crippen LogP contribution in [-0.2, 0) is 23.5 Å². The lowest BCUT2D eigenvalue weighted by molar-refractivity contribution is -0.0379. The van der Waals surface area contributed by atoms with E-state index in [1.165, 1.54) is 5.56 Å². The molecular formula is C25H23BrN2O3S2. The second kappa shape index (κ2) is 8.91. The Hall–Kier alpha value is -2.13. The summed E-state index contributed by atoms with van der Waals surface area (Å²) in [5.41, 5.74) is 2.70. The van der Waals surface area contributed by atoms with E-state index in [1.54, 1.807) is 34.8 Å². The molecule has 3 heterocycles. The monoisotopic (exact) mass is 542 g/mol. The van der Waals surface area contributed by atoms with Gasteiger partial charge in [0.25, 0.3) is 5.56 Å². The SMILES string of the molecule is COc1ccc(-n2c(SCc3ccc(Br)cc3)nc3sc4c(c3c2=O)CC(C)(C)OC4)cc1. The van der Waals surface area contributed by atoms with E-state index in [2.05, 4.69) is 41.9 Å². The van der Waals surface area contributed by atoms with Gasteiger partial charge in [0.15, 0.2) is 5.16 Å². The first-order valence-corrected chi connectivity index (χ1v) is 13.2. The third-order valence-corrected chi connectivity index (χ3v) is 8.32. The average molecular weight is 544 g/mol. The van der Waals surface area contributed by atoms with Crippen LogP contribution in [0.3, 0.4) is 0 Å². The van der Waals surface area contributed by atoms with Gasteiger partial charge in [-0.2, -0.15) is 0 Å². The Morgan fingerprint density at radius 3 is 2.61 bits per heavy atom. The summed E-state index contributed by atoms with van der Waals surface area (Å²) < 4.78 is 14.1. The molecule has 1 aliphatic rings. The standard InChI is InChI=1S/C25H23BrN2O3S2/c1-25(2)12-19-20(13-31-25)33-22-21(19)23(29)28(17-8-10-18(30-3)11-9-17)24(27-22)32-14-15-4-6-16(26)7-5-15/h4-11H,12-14H2,1-3H3. The number of thioether (sulfide) groups is 1. The van der Waals surface area contributed by atoms with Gasteiger partial charge in [-0.3, -0.25) is 9.36 Å². The van der Waals surface area contributed by atoms with Crippen molar-refractivity contribution in [1.29, 1.82) is 0 Å². The molecule has 0 unspecified atom stereocenters. The molecule has 170 valence electrons. The van der Waals surface area contributed by atoms with Gasteiger partial charge in [0.05, 0.1) is 30.4 Å². The van der Waals surface area contributed by atoms with E-state index in [-0.39, 0.29) is 11.2 Å². The maximum Gasteiger partial charge on any atom is 0.267 e. The Morgan fingerprint density at radius 2 is 1.91 bits per heavy atom. The molecule has 0 N–H and O–H groups in total. The Labute approximate surface area is 208 Å². The van der Waals surface area contributed by atoms with E-state index in [4.69, 9.17) is 14.5 Å². The van der Waals surface area contributed by atoms with Gasteiger partial charge in [0, 0.05) is 21.5 Å². The first kappa shape index (κ1) is 22.7. The maximum absolute atomic E-state index is 13.9. The number of ether oxygens (including phenoxy) is 2. The zero-order valence-electron chi connectivity index (χ0n) is 18.6. The molecule has 0 saturated carbocycles. The lowest BCUT2D eigenvalue weighted by Crippen LogP contribution is -2.32. The van der Waals surface area contributed by atoms with E-state index < -0.39 is 0 Å². The highest BCUT2D eigenvalue weighted by atomic mass is 79.9. The predicted octanol–water partition coefficient (Wildman–Crippen LogP) is 6.36. The number of benzene rings is 2. The third-order valence-electron chi connectivity index (χ3n) is 5.69. The van der Waals surface area contributed by atoms with Crippen molar-refractivity contribution >= 4 is 49.2 Å². The lowest BCUT2D eigenvalue weighted by Gasteiger charge is -2.29. The predicted molar refractivity (Wildman–Crippen MR) is 138 cm³/mol. The second-order valence-corrected chi connectivity index (χ2v) is 11.5. The van der Waals surface area contributed by atoms with Gasteiger partial charge in [-0.1, -0.05) is 39.8 Å². The van der Waals surface area contributed by atoms with E-state index in [9.17, 15) is 4.79 Å². The van der Waals surface area contributed by atoms with Gasteiger partial charge in [-0.05, 0) is 61.4 Å². The Bertz CT molecular complexity index is 1380. The quantitative estimate of drug-likeness (QED) is 0.217. The van der Waals surface area contributed by atoms with Gasteiger partial charge in [0.1, 0.15) is 10.6 Å². The maximum atomic E-state index is 13.9. The van der Waals surface area contributed by atoms with Crippen LogP contribution in [-0.4, -0.2) is 22.3 Å². The van der Waals surface area contributed by atoms with Crippen LogP contribution in [0.2, 0.25) is 0 Å². The van der Waals surface area contributed by atoms with Gasteiger partial charge < -0.3 is 9.47 Å². The van der Waals surface area contributed by atoms with Crippen LogP contribution in [0.1, 0.15) is 29.9 Å². The fourth-order valence-corrected chi connectivity index (χ4v) is 6.34. The summed E-state index contributed by atoms with van der Waals surface area (Å²) in [5.74, 6) is 1.46. The minimum atomic E-state index is -0.298. The van der Waals surface area contributed by atoms with Crippen LogP contribution in [0, 0.1) is 0 Å². The molecule has 0 aliphatic carbocycles. The van der Waals surface area contributed by atoms with Crippen LogP contribution in [0.5, 0.6) is 5.75 Å². The number of methoxy groups -OCH3 is 1. The minimum absolute atomic E-state index is 0.0290. The van der Waals surface area contributed by atoms with Crippen molar-refractivity contribution in [2.45, 2.75) is 43.4 Å². The Kier molecular flexibility index (Phi) is 6.11. The van der Waals surface area contributed by atoms with Crippen molar-refractivity contribution in [1.82, 2.24) is 9.55 Å². The summed E-state index contributed by atoms with van der Waals surface area (Å²) in [6, 6.07) is 15.8. The molecule has 4 aromatic rings. The highest BCUT2D eigenvalue weighted by Gasteiger charge is 2.31. The first-order valence-electron chi connectivity index (χ1n) is 10.6. The van der Waals surface area contributed by atoms with Crippen molar-refractivity contribution in [2.75, 3.05) is 7.11 Å². The Balaban J connectivity index is 1.65. The molecule has 5 nitrogen and oxygen atoms in total. The van der Waals surface area contributed by atoms with Gasteiger partial charge in [-0.25, -0.2) is 4.98 Å². The molecule has 0 radical (unpaired) electrons. The number of halogens is 1. The number of nitrogens with zero attached hydrogens (tertiary/aromatic N) is 2. The van der Waals surface area contributed by atoms with Crippen LogP contribution in [0.4, 0.5) is 0 Å². The van der Waals surface area contributed by atoms with Crippen molar-refractivity contribution in [2.24, 2.45) is 0 Å². The molecule has 2 aromatic carbocycles. The van der Waals surface area contributed by atoms with Crippen molar-refractivity contribution in [3.63, 3.8) is 0 Å². The summed E-state index contributed by atoms with van der Waals surface area (Å²) in [6.07, 6.45) is 0.702. The summed E-state index contributed by atoms with van der Waals surface area (Å²) in [4.78, 5) is 20.8. The number of hydrogen-bond donors (Lipinski definition) is 0. The molecule has 0 spiro atoms. The first-order chi connectivity index (χ1) is 15.8. The average Bonchev–Trinajstić information content (AvgIpc) is 3.15. The molecular weight excluding hydrogens is 520 g/mol. The van der Waals surface area contributed by atoms with E-state index in [0.717, 1.165) is 36.6 Å². The van der Waals surface area contributed by atoms with Crippen molar-refractivity contribution in [3.05, 3.63) is 79.4 Å². The molecule has 0 saturated heterocycles. The zero-order chi connectivity index (χ0) is 23.2. The van der Waals surface area contributed by atoms with Crippen molar-refractivity contribution in [3.8, 4) is 11.4 Å². The van der Waals surface area contributed by atoms with Crippen molar-refractivity contribution < 1.29 is 9.47 Å². The Morgan fingerprint density at radius 1 is 1.18 bits per heavy atom. The van der Waals surface area contributed by atoms with E-state index in [1.807, 2.05) is 36.4 Å².